The van der Waals surface area contributed by atoms with Crippen molar-refractivity contribution in [2.75, 3.05) is 5.43 Å². The maximum Gasteiger partial charge on any atom is 0.357 e. The minimum Gasteiger partial charge on any atom is -1.00 e. The van der Waals surface area contributed by atoms with Crippen LogP contribution in [0, 0.1) is 12.7 Å². The van der Waals surface area contributed by atoms with E-state index in [2.05, 4.69) is 46.7 Å². The van der Waals surface area contributed by atoms with Gasteiger partial charge >= 0.3 is 5.13 Å². The molecule has 1 aromatic heterocycles. The van der Waals surface area contributed by atoms with Crippen molar-refractivity contribution < 1.29 is 26.4 Å². The van der Waals surface area contributed by atoms with Gasteiger partial charge in [0.2, 0.25) is 0 Å². The molecular weight excluding hydrogens is 377 g/mol. The van der Waals surface area contributed by atoms with Crippen LogP contribution in [0.3, 0.4) is 0 Å². The van der Waals surface area contributed by atoms with Crippen LogP contribution in [0.2, 0.25) is 0 Å². The van der Waals surface area contributed by atoms with Crippen LogP contribution in [0.5, 0.6) is 0 Å². The van der Waals surface area contributed by atoms with Crippen LogP contribution in [0.15, 0.2) is 59.0 Å². The first-order chi connectivity index (χ1) is 10.7. The highest BCUT2D eigenvalue weighted by atomic mass is 79.9. The second-order valence-electron chi connectivity index (χ2n) is 4.89. The molecule has 1 heterocycles. The van der Waals surface area contributed by atoms with Crippen LogP contribution in [-0.2, 0) is 0 Å². The van der Waals surface area contributed by atoms with Crippen LogP contribution < -0.4 is 27.4 Å². The minimum absolute atomic E-state index is 0. The molecule has 0 aliphatic rings. The minimum atomic E-state index is -0.251. The summed E-state index contributed by atoms with van der Waals surface area (Å²) in [5.41, 5.74) is 7.20. The van der Waals surface area contributed by atoms with Crippen molar-refractivity contribution in [1.29, 1.82) is 0 Å². The summed E-state index contributed by atoms with van der Waals surface area (Å²) in [7, 11) is 0. The number of hydrogen-bond acceptors (Lipinski definition) is 3. The molecule has 23 heavy (non-hydrogen) atoms. The number of rotatable bonds is 4. The summed E-state index contributed by atoms with van der Waals surface area (Å²) >= 11 is 1.55. The first-order valence-corrected chi connectivity index (χ1v) is 7.71. The Bertz CT molecular complexity index is 782. The van der Waals surface area contributed by atoms with Gasteiger partial charge in [-0.05, 0) is 24.6 Å². The smallest absolute Gasteiger partial charge is 0.357 e. The number of aromatic amines is 1. The average Bonchev–Trinajstić information content (AvgIpc) is 2.99. The molecule has 0 spiro atoms. The van der Waals surface area contributed by atoms with Crippen molar-refractivity contribution in [3.63, 3.8) is 0 Å². The lowest BCUT2D eigenvalue weighted by atomic mass is 10.1. The fraction of sp³-hybridized carbons (Fsp3) is 0.0588. The summed E-state index contributed by atoms with van der Waals surface area (Å²) in [4.78, 5) is 3.28. The van der Waals surface area contributed by atoms with Gasteiger partial charge in [-0.15, -0.1) is 5.43 Å². The second kappa shape index (κ2) is 7.99. The fourth-order valence-electron chi connectivity index (χ4n) is 1.94. The Morgan fingerprint density at radius 1 is 1.09 bits per heavy atom. The molecule has 118 valence electrons. The maximum atomic E-state index is 12.8. The molecule has 0 fully saturated rings. The van der Waals surface area contributed by atoms with E-state index in [1.807, 2.05) is 5.38 Å². The summed E-state index contributed by atoms with van der Waals surface area (Å²) in [6.07, 6.45) is 1.65. The monoisotopic (exact) mass is 391 g/mol. The number of aromatic nitrogens is 1. The lowest BCUT2D eigenvalue weighted by Crippen LogP contribution is -3.00. The highest BCUT2D eigenvalue weighted by molar-refractivity contribution is 7.13. The van der Waals surface area contributed by atoms with Crippen LogP contribution >= 0.6 is 11.3 Å². The van der Waals surface area contributed by atoms with Gasteiger partial charge < -0.3 is 17.0 Å². The molecule has 0 radical (unpaired) electrons. The quantitative estimate of drug-likeness (QED) is 0.525. The Kier molecular flexibility index (Phi) is 6.01. The number of nitrogens with zero attached hydrogens (tertiary/aromatic N) is 1. The van der Waals surface area contributed by atoms with E-state index < -0.39 is 0 Å². The van der Waals surface area contributed by atoms with Gasteiger partial charge in [0.25, 0.3) is 0 Å². The predicted octanol–water partition coefficient (Wildman–Crippen LogP) is 1.13. The van der Waals surface area contributed by atoms with Crippen molar-refractivity contribution in [3.05, 3.63) is 70.9 Å². The molecule has 0 bridgehead atoms. The van der Waals surface area contributed by atoms with E-state index in [1.165, 1.54) is 17.7 Å². The summed E-state index contributed by atoms with van der Waals surface area (Å²) < 4.78 is 12.8. The summed E-state index contributed by atoms with van der Waals surface area (Å²) in [6.45, 7) is 2.07. The molecule has 0 saturated heterocycles. The van der Waals surface area contributed by atoms with Crippen LogP contribution in [0.1, 0.15) is 11.1 Å². The van der Waals surface area contributed by atoms with Crippen molar-refractivity contribution in [2.45, 2.75) is 6.92 Å². The molecule has 2 aromatic carbocycles. The van der Waals surface area contributed by atoms with Crippen molar-refractivity contribution in [2.24, 2.45) is 5.10 Å². The van der Waals surface area contributed by atoms with E-state index >= 15 is 0 Å². The number of aryl methyl sites for hydroxylation is 1. The van der Waals surface area contributed by atoms with E-state index in [9.17, 15) is 4.39 Å². The Morgan fingerprint density at radius 2 is 1.78 bits per heavy atom. The standard InChI is InChI=1S/C17H14FN3S.BrH/c1-12-2-6-14(7-3-12)16-11-22-17(20-16)21-19-10-13-4-8-15(18)9-5-13;/h2-11H,1H3,(H,20,21);1H/b19-10+;. The molecule has 2 N–H and O–H groups in total. The number of hydrogen-bond donors (Lipinski definition) is 1. The fourth-order valence-corrected chi connectivity index (χ4v) is 2.65. The van der Waals surface area contributed by atoms with E-state index in [0.717, 1.165) is 22.0 Å². The van der Waals surface area contributed by atoms with Gasteiger partial charge in [0.05, 0.1) is 6.21 Å². The zero-order valence-electron chi connectivity index (χ0n) is 12.4. The maximum absolute atomic E-state index is 12.8. The molecule has 0 aliphatic heterocycles. The molecule has 3 nitrogen and oxygen atoms in total. The summed E-state index contributed by atoms with van der Waals surface area (Å²) in [6, 6.07) is 14.5. The molecular formula is C17H15BrFN3S. The Labute approximate surface area is 148 Å². The average molecular weight is 392 g/mol. The van der Waals surface area contributed by atoms with Crippen LogP contribution in [0.4, 0.5) is 9.52 Å². The number of halogens is 2. The molecule has 0 unspecified atom stereocenters. The van der Waals surface area contributed by atoms with E-state index in [4.69, 9.17) is 0 Å². The SMILES string of the molecule is Cc1ccc(-c2csc(N/N=C/c3ccc(F)cc3)[nH+]2)cc1.[Br-]. The van der Waals surface area contributed by atoms with Gasteiger partial charge in [0, 0.05) is 10.9 Å². The van der Waals surface area contributed by atoms with Gasteiger partial charge in [-0.25, -0.2) is 9.37 Å². The highest BCUT2D eigenvalue weighted by Crippen LogP contribution is 2.20. The predicted molar refractivity (Wildman–Crippen MR) is 88.7 cm³/mol. The Balaban J connectivity index is 0.00000192. The zero-order chi connectivity index (χ0) is 15.4. The van der Waals surface area contributed by atoms with Gasteiger partial charge in [-0.2, -0.15) is 0 Å². The first-order valence-electron chi connectivity index (χ1n) is 6.83. The lowest BCUT2D eigenvalue weighted by molar-refractivity contribution is -0.341. The van der Waals surface area contributed by atoms with Crippen molar-refractivity contribution in [3.8, 4) is 11.3 Å². The van der Waals surface area contributed by atoms with Gasteiger partial charge in [-0.3, -0.25) is 0 Å². The molecule has 3 aromatic rings. The van der Waals surface area contributed by atoms with Crippen LogP contribution in [0.25, 0.3) is 11.3 Å². The van der Waals surface area contributed by atoms with E-state index in [1.54, 1.807) is 29.7 Å². The molecule has 0 amide bonds. The molecule has 3 rings (SSSR count). The normalized spacial score (nSPS) is 10.5. The third-order valence-electron chi connectivity index (χ3n) is 3.16. The Hall–Kier alpha value is -2.05. The first kappa shape index (κ1) is 17.3. The third-order valence-corrected chi connectivity index (χ3v) is 3.94. The molecule has 0 aliphatic carbocycles. The number of thiazole rings is 1. The van der Waals surface area contributed by atoms with Gasteiger partial charge in [0.15, 0.2) is 0 Å². The summed E-state index contributed by atoms with van der Waals surface area (Å²) in [5.74, 6) is -0.251. The van der Waals surface area contributed by atoms with Crippen molar-refractivity contribution >= 4 is 22.7 Å². The number of H-pyrrole nitrogens is 1. The Morgan fingerprint density at radius 3 is 2.48 bits per heavy atom. The van der Waals surface area contributed by atoms with Gasteiger partial charge in [-0.1, -0.05) is 58.4 Å². The zero-order valence-corrected chi connectivity index (χ0v) is 14.8. The molecule has 0 saturated carbocycles. The highest BCUT2D eigenvalue weighted by Gasteiger charge is 2.08. The summed E-state index contributed by atoms with van der Waals surface area (Å²) in [5, 5.41) is 7.03. The molecule has 6 heteroatoms. The number of hydrazone groups is 1. The van der Waals surface area contributed by atoms with E-state index in [-0.39, 0.29) is 22.8 Å². The lowest BCUT2D eigenvalue weighted by Gasteiger charge is -1.95. The topological polar surface area (TPSA) is 38.5 Å². The largest absolute Gasteiger partial charge is 1.00 e. The third kappa shape index (κ3) is 4.71. The van der Waals surface area contributed by atoms with E-state index in [0.29, 0.717) is 0 Å². The van der Waals surface area contributed by atoms with Crippen LogP contribution in [-0.4, -0.2) is 6.21 Å². The van der Waals surface area contributed by atoms with Gasteiger partial charge in [0.1, 0.15) is 11.5 Å². The number of anilines is 1. The second-order valence-corrected chi connectivity index (χ2v) is 5.77. The van der Waals surface area contributed by atoms with Crippen molar-refractivity contribution in [1.82, 2.24) is 0 Å². The molecule has 0 atom stereocenters. The number of nitrogens with one attached hydrogen (secondary N) is 2. The number of benzene rings is 2.